The number of ether oxygens (including phenoxy) is 1. The second-order valence-electron chi connectivity index (χ2n) is 3.79. The molecular formula is C9H15N3O2. The van der Waals surface area contributed by atoms with Crippen LogP contribution in [0.3, 0.4) is 0 Å². The van der Waals surface area contributed by atoms with Gasteiger partial charge in [-0.05, 0) is 26.7 Å². The zero-order valence-corrected chi connectivity index (χ0v) is 8.43. The smallest absolute Gasteiger partial charge is 0.243 e. The molecule has 2 N–H and O–H groups in total. The number of hydrogen-bond donors (Lipinski definition) is 1. The first kappa shape index (κ1) is 9.61. The Hall–Kier alpha value is -0.940. The zero-order valence-electron chi connectivity index (χ0n) is 8.43. The fourth-order valence-corrected chi connectivity index (χ4v) is 1.56. The van der Waals surface area contributed by atoms with E-state index in [1.165, 1.54) is 0 Å². The van der Waals surface area contributed by atoms with Crippen molar-refractivity contribution in [2.75, 3.05) is 0 Å². The fourth-order valence-electron chi connectivity index (χ4n) is 1.56. The van der Waals surface area contributed by atoms with E-state index in [9.17, 15) is 0 Å². The molecule has 0 spiro atoms. The van der Waals surface area contributed by atoms with Crippen LogP contribution < -0.4 is 5.73 Å². The molecule has 0 saturated carbocycles. The van der Waals surface area contributed by atoms with E-state index in [1.54, 1.807) is 0 Å². The van der Waals surface area contributed by atoms with Crippen LogP contribution in [-0.4, -0.2) is 16.2 Å². The second-order valence-corrected chi connectivity index (χ2v) is 3.79. The Morgan fingerprint density at radius 2 is 2.29 bits per heavy atom. The third-order valence-corrected chi connectivity index (χ3v) is 2.37. The largest absolute Gasteiger partial charge is 0.367 e. The second kappa shape index (κ2) is 3.67. The van der Waals surface area contributed by atoms with E-state index in [-0.39, 0.29) is 18.2 Å². The number of nitrogens with zero attached hydrogens (tertiary/aromatic N) is 2. The molecule has 0 amide bonds. The first-order valence-electron chi connectivity index (χ1n) is 4.91. The van der Waals surface area contributed by atoms with Crippen LogP contribution in [0, 0.1) is 0 Å². The molecule has 1 aliphatic heterocycles. The zero-order chi connectivity index (χ0) is 10.1. The topological polar surface area (TPSA) is 74.2 Å². The SMILES string of the molecule is CC1CCC(c2noc([C@@H](C)N)n2)O1. The molecule has 0 aliphatic carbocycles. The van der Waals surface area contributed by atoms with Gasteiger partial charge < -0.3 is 15.0 Å². The summed E-state index contributed by atoms with van der Waals surface area (Å²) in [5.74, 6) is 1.10. The highest BCUT2D eigenvalue weighted by Crippen LogP contribution is 2.30. The summed E-state index contributed by atoms with van der Waals surface area (Å²) in [5, 5.41) is 3.86. The lowest BCUT2D eigenvalue weighted by Gasteiger charge is -2.04. The molecule has 1 aliphatic rings. The third kappa shape index (κ3) is 1.78. The molecule has 2 unspecified atom stereocenters. The van der Waals surface area contributed by atoms with E-state index >= 15 is 0 Å². The predicted molar refractivity (Wildman–Crippen MR) is 49.4 cm³/mol. The van der Waals surface area contributed by atoms with E-state index in [4.69, 9.17) is 15.0 Å². The minimum Gasteiger partial charge on any atom is -0.367 e. The lowest BCUT2D eigenvalue weighted by Crippen LogP contribution is -2.06. The van der Waals surface area contributed by atoms with Crippen molar-refractivity contribution in [2.45, 2.75) is 44.9 Å². The van der Waals surface area contributed by atoms with Crippen LogP contribution in [0.5, 0.6) is 0 Å². The minimum atomic E-state index is -0.213. The average molecular weight is 197 g/mol. The molecule has 0 aromatic carbocycles. The van der Waals surface area contributed by atoms with Crippen molar-refractivity contribution in [2.24, 2.45) is 5.73 Å². The average Bonchev–Trinajstić information content (AvgIpc) is 2.70. The number of aromatic nitrogens is 2. The Balaban J connectivity index is 2.09. The van der Waals surface area contributed by atoms with Crippen LogP contribution >= 0.6 is 0 Å². The molecule has 1 aromatic rings. The highest BCUT2D eigenvalue weighted by atomic mass is 16.5. The van der Waals surface area contributed by atoms with Gasteiger partial charge in [0.1, 0.15) is 6.10 Å². The van der Waals surface area contributed by atoms with Crippen LogP contribution in [0.4, 0.5) is 0 Å². The summed E-state index contributed by atoms with van der Waals surface area (Å²) in [5.41, 5.74) is 5.62. The van der Waals surface area contributed by atoms with E-state index < -0.39 is 0 Å². The first-order valence-corrected chi connectivity index (χ1v) is 4.91. The van der Waals surface area contributed by atoms with Crippen molar-refractivity contribution >= 4 is 0 Å². The van der Waals surface area contributed by atoms with Crippen LogP contribution in [0.1, 0.15) is 50.6 Å². The first-order chi connectivity index (χ1) is 6.66. The Labute approximate surface area is 82.6 Å². The van der Waals surface area contributed by atoms with Gasteiger partial charge in [0.2, 0.25) is 11.7 Å². The van der Waals surface area contributed by atoms with Gasteiger partial charge in [0, 0.05) is 0 Å². The Kier molecular flexibility index (Phi) is 2.52. The molecule has 0 radical (unpaired) electrons. The number of hydrogen-bond acceptors (Lipinski definition) is 5. The molecule has 1 fully saturated rings. The molecule has 78 valence electrons. The van der Waals surface area contributed by atoms with Gasteiger partial charge in [-0.2, -0.15) is 4.98 Å². The maximum atomic E-state index is 5.62. The number of nitrogens with two attached hydrogens (primary N) is 1. The minimum absolute atomic E-state index is 0.0127. The monoisotopic (exact) mass is 197 g/mol. The van der Waals surface area contributed by atoms with Crippen LogP contribution in [-0.2, 0) is 4.74 Å². The van der Waals surface area contributed by atoms with Gasteiger partial charge in [0.05, 0.1) is 12.1 Å². The van der Waals surface area contributed by atoms with Crippen molar-refractivity contribution in [1.29, 1.82) is 0 Å². The van der Waals surface area contributed by atoms with Gasteiger partial charge in [0.25, 0.3) is 0 Å². The lowest BCUT2D eigenvalue weighted by atomic mass is 10.2. The summed E-state index contributed by atoms with van der Waals surface area (Å²) in [6.07, 6.45) is 2.28. The molecule has 1 aromatic heterocycles. The van der Waals surface area contributed by atoms with Crippen LogP contribution in [0.2, 0.25) is 0 Å². The van der Waals surface area contributed by atoms with Gasteiger partial charge in [-0.3, -0.25) is 0 Å². The maximum Gasteiger partial charge on any atom is 0.243 e. The van der Waals surface area contributed by atoms with Gasteiger partial charge in [-0.15, -0.1) is 0 Å². The van der Waals surface area contributed by atoms with Gasteiger partial charge in [-0.1, -0.05) is 5.16 Å². The van der Waals surface area contributed by atoms with Gasteiger partial charge in [0.15, 0.2) is 0 Å². The molecule has 2 rings (SSSR count). The van der Waals surface area contributed by atoms with E-state index in [0.29, 0.717) is 11.7 Å². The summed E-state index contributed by atoms with van der Waals surface area (Å²) < 4.78 is 10.6. The van der Waals surface area contributed by atoms with Gasteiger partial charge in [-0.25, -0.2) is 0 Å². The summed E-state index contributed by atoms with van der Waals surface area (Å²) in [6, 6.07) is -0.213. The van der Waals surface area contributed by atoms with E-state index in [0.717, 1.165) is 12.8 Å². The lowest BCUT2D eigenvalue weighted by molar-refractivity contribution is 0.0489. The summed E-state index contributed by atoms with van der Waals surface area (Å²) in [4.78, 5) is 4.20. The molecule has 5 heteroatoms. The highest BCUT2D eigenvalue weighted by molar-refractivity contribution is 4.96. The molecule has 3 atom stereocenters. The predicted octanol–water partition coefficient (Wildman–Crippen LogP) is 1.33. The number of rotatable bonds is 2. The third-order valence-electron chi connectivity index (χ3n) is 2.37. The molecule has 0 bridgehead atoms. The summed E-state index contributed by atoms with van der Waals surface area (Å²) in [7, 11) is 0. The van der Waals surface area contributed by atoms with E-state index in [2.05, 4.69) is 10.1 Å². The Bertz CT molecular complexity index is 311. The molecule has 2 heterocycles. The molecule has 5 nitrogen and oxygen atoms in total. The van der Waals surface area contributed by atoms with Gasteiger partial charge >= 0.3 is 0 Å². The normalized spacial score (nSPS) is 29.4. The summed E-state index contributed by atoms with van der Waals surface area (Å²) >= 11 is 0. The van der Waals surface area contributed by atoms with Crippen molar-refractivity contribution < 1.29 is 9.26 Å². The molecular weight excluding hydrogens is 182 g/mol. The maximum absolute atomic E-state index is 5.62. The quantitative estimate of drug-likeness (QED) is 0.774. The molecule has 14 heavy (non-hydrogen) atoms. The van der Waals surface area contributed by atoms with Crippen molar-refractivity contribution in [3.63, 3.8) is 0 Å². The van der Waals surface area contributed by atoms with Crippen molar-refractivity contribution in [3.8, 4) is 0 Å². The van der Waals surface area contributed by atoms with Crippen molar-refractivity contribution in [3.05, 3.63) is 11.7 Å². The molecule has 1 saturated heterocycles. The van der Waals surface area contributed by atoms with Crippen LogP contribution in [0.25, 0.3) is 0 Å². The standard InChI is InChI=1S/C9H15N3O2/c1-5-3-4-7(13-5)8-11-9(6(2)10)14-12-8/h5-7H,3-4,10H2,1-2H3/t5?,6-,7?/m1/s1. The van der Waals surface area contributed by atoms with E-state index in [1.807, 2.05) is 13.8 Å². The Morgan fingerprint density at radius 3 is 2.79 bits per heavy atom. The van der Waals surface area contributed by atoms with Crippen molar-refractivity contribution in [1.82, 2.24) is 10.1 Å². The van der Waals surface area contributed by atoms with Crippen LogP contribution in [0.15, 0.2) is 4.52 Å². The highest BCUT2D eigenvalue weighted by Gasteiger charge is 2.27. The summed E-state index contributed by atoms with van der Waals surface area (Å²) in [6.45, 7) is 3.86. The fraction of sp³-hybridized carbons (Fsp3) is 0.778. The Morgan fingerprint density at radius 1 is 1.50 bits per heavy atom.